The molecule has 0 N–H and O–H groups in total. The number of fused-ring (bicyclic) bond motifs is 6. The average molecular weight is 592 g/mol. The smallest absolute Gasteiger partial charge is 0.160 e. The molecule has 210 valence electrons. The van der Waals surface area contributed by atoms with Gasteiger partial charge in [-0.3, -0.25) is 0 Å². The molecule has 0 atom stereocenters. The maximum atomic E-state index is 5.15. The molecule has 2 heterocycles. The van der Waals surface area contributed by atoms with E-state index in [1.807, 2.05) is 12.1 Å². The first kappa shape index (κ1) is 25.8. The van der Waals surface area contributed by atoms with Crippen LogP contribution in [0.2, 0.25) is 0 Å². The van der Waals surface area contributed by atoms with Crippen molar-refractivity contribution in [3.63, 3.8) is 0 Å². The molecule has 0 aliphatic rings. The minimum absolute atomic E-state index is 0.708. The zero-order chi connectivity index (χ0) is 29.7. The summed E-state index contributed by atoms with van der Waals surface area (Å²) in [6.45, 7) is 0. The summed E-state index contributed by atoms with van der Waals surface area (Å²) in [5.74, 6) is 0.708. The van der Waals surface area contributed by atoms with E-state index in [-0.39, 0.29) is 0 Å². The van der Waals surface area contributed by atoms with E-state index >= 15 is 0 Å². The summed E-state index contributed by atoms with van der Waals surface area (Å²) in [5, 5.41) is 8.14. The highest BCUT2D eigenvalue weighted by Crippen LogP contribution is 2.38. The summed E-state index contributed by atoms with van der Waals surface area (Å²) in [7, 11) is 0. The Hall–Kier alpha value is -5.71. The van der Waals surface area contributed by atoms with Crippen LogP contribution in [0.4, 0.5) is 0 Å². The standard InChI is InChI=1S/C41H25N3S/c1-3-10-27(11-4-1)35-25-36(32-18-15-26-9-7-8-14-30(26)23-32)43-40(42-35)33-19-21-34-31(24-33)17-16-28-20-22-37-39(38(28)34)44-41(45-37)29-12-5-2-6-13-29/h1-25H. The van der Waals surface area contributed by atoms with Gasteiger partial charge in [0.15, 0.2) is 5.82 Å². The van der Waals surface area contributed by atoms with Crippen LogP contribution in [0.15, 0.2) is 152 Å². The molecule has 0 bridgehead atoms. The maximum Gasteiger partial charge on any atom is 0.160 e. The number of aromatic nitrogens is 3. The summed E-state index contributed by atoms with van der Waals surface area (Å²) in [6, 6.07) is 53.2. The molecule has 0 aliphatic heterocycles. The van der Waals surface area contributed by atoms with Gasteiger partial charge in [0.2, 0.25) is 0 Å². The Morgan fingerprint density at radius 3 is 1.84 bits per heavy atom. The van der Waals surface area contributed by atoms with Gasteiger partial charge in [-0.25, -0.2) is 15.0 Å². The minimum atomic E-state index is 0.708. The van der Waals surface area contributed by atoms with Crippen molar-refractivity contribution in [1.82, 2.24) is 15.0 Å². The van der Waals surface area contributed by atoms with E-state index < -0.39 is 0 Å². The fourth-order valence-electron chi connectivity index (χ4n) is 6.21. The molecule has 0 amide bonds. The molecule has 9 aromatic rings. The summed E-state index contributed by atoms with van der Waals surface area (Å²) in [6.07, 6.45) is 0. The van der Waals surface area contributed by atoms with Gasteiger partial charge in [0.25, 0.3) is 0 Å². The van der Waals surface area contributed by atoms with Crippen LogP contribution in [0.3, 0.4) is 0 Å². The van der Waals surface area contributed by atoms with Crippen molar-refractivity contribution < 1.29 is 0 Å². The lowest BCUT2D eigenvalue weighted by Gasteiger charge is -2.11. The zero-order valence-corrected chi connectivity index (χ0v) is 25.0. The van der Waals surface area contributed by atoms with Crippen LogP contribution in [-0.2, 0) is 0 Å². The summed E-state index contributed by atoms with van der Waals surface area (Å²) < 4.78 is 1.19. The third kappa shape index (κ3) is 4.55. The van der Waals surface area contributed by atoms with Gasteiger partial charge < -0.3 is 0 Å². The molecule has 0 aliphatic carbocycles. The molecule has 3 nitrogen and oxygen atoms in total. The predicted octanol–water partition coefficient (Wildman–Crippen LogP) is 11.2. The van der Waals surface area contributed by atoms with Crippen LogP contribution in [0.25, 0.3) is 87.0 Å². The average Bonchev–Trinajstić information content (AvgIpc) is 3.56. The number of benzene rings is 7. The van der Waals surface area contributed by atoms with Gasteiger partial charge in [-0.05, 0) is 51.2 Å². The lowest BCUT2D eigenvalue weighted by molar-refractivity contribution is 1.18. The van der Waals surface area contributed by atoms with Gasteiger partial charge in [0, 0.05) is 27.6 Å². The number of hydrogen-bond acceptors (Lipinski definition) is 4. The maximum absolute atomic E-state index is 5.15. The Labute approximate surface area is 264 Å². The van der Waals surface area contributed by atoms with E-state index in [0.717, 1.165) is 49.6 Å². The Morgan fingerprint density at radius 1 is 0.400 bits per heavy atom. The van der Waals surface area contributed by atoms with E-state index in [2.05, 4.69) is 140 Å². The Bertz CT molecular complexity index is 2540. The third-order valence-corrected chi connectivity index (χ3v) is 9.55. The van der Waals surface area contributed by atoms with E-state index in [1.54, 1.807) is 11.3 Å². The second-order valence-electron chi connectivity index (χ2n) is 11.3. The summed E-state index contributed by atoms with van der Waals surface area (Å²) in [5.41, 5.74) is 7.12. The van der Waals surface area contributed by atoms with Crippen LogP contribution >= 0.6 is 11.3 Å². The zero-order valence-electron chi connectivity index (χ0n) is 24.2. The van der Waals surface area contributed by atoms with Crippen molar-refractivity contribution in [3.8, 4) is 44.5 Å². The van der Waals surface area contributed by atoms with Gasteiger partial charge in [-0.2, -0.15) is 0 Å². The molecule has 0 saturated carbocycles. The van der Waals surface area contributed by atoms with Crippen LogP contribution in [0.5, 0.6) is 0 Å². The van der Waals surface area contributed by atoms with Gasteiger partial charge in [0.05, 0.1) is 21.6 Å². The van der Waals surface area contributed by atoms with E-state index in [9.17, 15) is 0 Å². The van der Waals surface area contributed by atoms with Crippen molar-refractivity contribution in [1.29, 1.82) is 0 Å². The first-order chi connectivity index (χ1) is 22.3. The van der Waals surface area contributed by atoms with Crippen LogP contribution < -0.4 is 0 Å². The molecule has 0 saturated heterocycles. The monoisotopic (exact) mass is 591 g/mol. The van der Waals surface area contributed by atoms with E-state index in [4.69, 9.17) is 15.0 Å². The van der Waals surface area contributed by atoms with Crippen molar-refractivity contribution >= 4 is 53.9 Å². The minimum Gasteiger partial charge on any atom is -0.235 e. The summed E-state index contributed by atoms with van der Waals surface area (Å²) in [4.78, 5) is 15.4. The van der Waals surface area contributed by atoms with E-state index in [1.165, 1.54) is 31.6 Å². The van der Waals surface area contributed by atoms with Crippen molar-refractivity contribution in [3.05, 3.63) is 152 Å². The van der Waals surface area contributed by atoms with Gasteiger partial charge in [-0.1, -0.05) is 127 Å². The lowest BCUT2D eigenvalue weighted by atomic mass is 9.98. The SMILES string of the molecule is c1ccc(-c2cc(-c3ccc4ccccc4c3)nc(-c3ccc4c(ccc5ccc6sc(-c7ccccc7)nc6c54)c3)n2)cc1. The quantitative estimate of drug-likeness (QED) is 0.191. The fraction of sp³-hybridized carbons (Fsp3) is 0. The number of nitrogens with zero attached hydrogens (tertiary/aromatic N) is 3. The number of rotatable bonds is 4. The molecule has 0 fully saturated rings. The van der Waals surface area contributed by atoms with Crippen LogP contribution in [0.1, 0.15) is 0 Å². The van der Waals surface area contributed by atoms with Crippen molar-refractivity contribution in [2.75, 3.05) is 0 Å². The van der Waals surface area contributed by atoms with Crippen molar-refractivity contribution in [2.24, 2.45) is 0 Å². The van der Waals surface area contributed by atoms with Crippen LogP contribution in [-0.4, -0.2) is 15.0 Å². The molecule has 0 unspecified atom stereocenters. The highest BCUT2D eigenvalue weighted by molar-refractivity contribution is 7.21. The molecule has 7 aromatic carbocycles. The van der Waals surface area contributed by atoms with Crippen molar-refractivity contribution in [2.45, 2.75) is 0 Å². The van der Waals surface area contributed by atoms with E-state index in [0.29, 0.717) is 5.82 Å². The fourth-order valence-corrected chi connectivity index (χ4v) is 7.19. The molecule has 2 aromatic heterocycles. The molecule has 0 spiro atoms. The lowest BCUT2D eigenvalue weighted by Crippen LogP contribution is -1.96. The third-order valence-electron chi connectivity index (χ3n) is 8.48. The molecule has 9 rings (SSSR count). The molecule has 4 heteroatoms. The van der Waals surface area contributed by atoms with Gasteiger partial charge >= 0.3 is 0 Å². The Balaban J connectivity index is 1.22. The normalized spacial score (nSPS) is 11.6. The number of thiazole rings is 1. The van der Waals surface area contributed by atoms with Gasteiger partial charge in [-0.15, -0.1) is 11.3 Å². The highest BCUT2D eigenvalue weighted by Gasteiger charge is 2.15. The largest absolute Gasteiger partial charge is 0.235 e. The molecule has 0 radical (unpaired) electrons. The number of hydrogen-bond donors (Lipinski definition) is 0. The summed E-state index contributed by atoms with van der Waals surface area (Å²) >= 11 is 1.74. The molecular formula is C41H25N3S. The first-order valence-corrected chi connectivity index (χ1v) is 15.8. The predicted molar refractivity (Wildman–Crippen MR) is 189 cm³/mol. The topological polar surface area (TPSA) is 38.7 Å². The second kappa shape index (κ2) is 10.5. The van der Waals surface area contributed by atoms with Crippen LogP contribution in [0, 0.1) is 0 Å². The second-order valence-corrected chi connectivity index (χ2v) is 12.3. The Morgan fingerprint density at radius 2 is 1.02 bits per heavy atom. The highest BCUT2D eigenvalue weighted by atomic mass is 32.1. The van der Waals surface area contributed by atoms with Gasteiger partial charge in [0.1, 0.15) is 5.01 Å². The molecule has 45 heavy (non-hydrogen) atoms. The Kier molecular flexibility index (Phi) is 6.00. The molecular weight excluding hydrogens is 567 g/mol. The first-order valence-electron chi connectivity index (χ1n) is 15.0.